The summed E-state index contributed by atoms with van der Waals surface area (Å²) >= 11 is 6.47. The maximum atomic E-state index is 14.7. The Kier molecular flexibility index (Phi) is 11.9. The van der Waals surface area contributed by atoms with Crippen molar-refractivity contribution in [2.75, 3.05) is 50.1 Å². The number of nitrogens with zero attached hydrogens (tertiary/aromatic N) is 4. The molecule has 3 aromatic rings. The molecule has 3 aliphatic heterocycles. The third-order valence-electron chi connectivity index (χ3n) is 11.2. The van der Waals surface area contributed by atoms with Crippen LogP contribution in [-0.4, -0.2) is 70.7 Å². The summed E-state index contributed by atoms with van der Waals surface area (Å²) in [4.78, 5) is 32.5. The zero-order valence-corrected chi connectivity index (χ0v) is 32.5. The Bertz CT molecular complexity index is 1960. The van der Waals surface area contributed by atoms with Crippen molar-refractivity contribution in [1.29, 1.82) is 0 Å². The number of allylic oxidation sites excluding steroid dienone is 2. The van der Waals surface area contributed by atoms with Gasteiger partial charge in [-0.3, -0.25) is 19.2 Å². The molecule has 4 atom stereocenters. The summed E-state index contributed by atoms with van der Waals surface area (Å²) in [6, 6.07) is 13.4. The maximum absolute atomic E-state index is 14.7. The average Bonchev–Trinajstić information content (AvgIpc) is 3.48. The Balaban J connectivity index is 1.23. The smallest absolute Gasteiger partial charge is 0.286 e. The number of aryl methyl sites for hydroxylation is 2. The van der Waals surface area contributed by atoms with Crippen LogP contribution in [0.25, 0.3) is 0 Å². The molecule has 2 amide bonds. The minimum Gasteiger partial charge on any atom is -0.491 e. The molecule has 0 spiro atoms. The second-order valence-electron chi connectivity index (χ2n) is 15.3. The van der Waals surface area contributed by atoms with Gasteiger partial charge in [-0.05, 0) is 110 Å². The van der Waals surface area contributed by atoms with E-state index in [0.717, 1.165) is 73.9 Å². The van der Waals surface area contributed by atoms with Crippen molar-refractivity contribution in [1.82, 2.24) is 14.2 Å². The summed E-state index contributed by atoms with van der Waals surface area (Å²) in [7, 11) is -1.61. The largest absolute Gasteiger partial charge is 0.491 e. The molecular formula is C41H52ClN5O5S. The number of nitrogens with one attached hydrogen (secondary N) is 1. The highest BCUT2D eigenvalue weighted by molar-refractivity contribution is 7.92. The molecular weight excluding hydrogens is 710 g/mol. The van der Waals surface area contributed by atoms with Gasteiger partial charge in [0, 0.05) is 62.2 Å². The van der Waals surface area contributed by atoms with E-state index >= 15 is 0 Å². The summed E-state index contributed by atoms with van der Waals surface area (Å²) in [6.07, 6.45) is 12.9. The molecule has 2 aromatic carbocycles. The van der Waals surface area contributed by atoms with Gasteiger partial charge in [0.25, 0.3) is 11.8 Å². The molecule has 284 valence electrons. The number of fused-ring (bicyclic) bond motifs is 3. The molecule has 1 saturated carbocycles. The lowest BCUT2D eigenvalue weighted by atomic mass is 9.71. The predicted molar refractivity (Wildman–Crippen MR) is 210 cm³/mol. The van der Waals surface area contributed by atoms with Gasteiger partial charge in [0.2, 0.25) is 0 Å². The molecule has 10 nitrogen and oxygen atoms in total. The fourth-order valence-electron chi connectivity index (χ4n) is 7.95. The van der Waals surface area contributed by atoms with E-state index in [1.165, 1.54) is 17.5 Å². The first kappa shape index (κ1) is 37.7. The van der Waals surface area contributed by atoms with Crippen LogP contribution in [0, 0.1) is 17.8 Å². The van der Waals surface area contributed by atoms with E-state index in [9.17, 15) is 13.8 Å². The van der Waals surface area contributed by atoms with Crippen LogP contribution in [0.2, 0.25) is 5.02 Å². The van der Waals surface area contributed by atoms with Crippen molar-refractivity contribution in [2.45, 2.75) is 65.0 Å². The zero-order chi connectivity index (χ0) is 37.0. The Labute approximate surface area is 319 Å². The minimum atomic E-state index is -3.51. The second-order valence-corrected chi connectivity index (χ2v) is 17.7. The highest BCUT2D eigenvalue weighted by Gasteiger charge is 2.33. The van der Waals surface area contributed by atoms with Crippen molar-refractivity contribution < 1.29 is 23.3 Å². The maximum Gasteiger partial charge on any atom is 0.286 e. The summed E-state index contributed by atoms with van der Waals surface area (Å²) in [5.74, 6) is 0.607. The number of carbonyl (C=O) groups is 2. The number of amides is 2. The monoisotopic (exact) mass is 761 g/mol. The molecule has 1 aliphatic carbocycles. The van der Waals surface area contributed by atoms with Crippen molar-refractivity contribution in [3.8, 4) is 5.75 Å². The van der Waals surface area contributed by atoms with Gasteiger partial charge >= 0.3 is 0 Å². The van der Waals surface area contributed by atoms with Crippen LogP contribution in [0.4, 0.5) is 5.69 Å². The highest BCUT2D eigenvalue weighted by atomic mass is 35.5. The first-order chi connectivity index (χ1) is 25.6. The molecule has 2 bridgehead atoms. The number of anilines is 1. The van der Waals surface area contributed by atoms with E-state index in [0.29, 0.717) is 62.3 Å². The molecule has 1 saturated heterocycles. The molecule has 12 heteroatoms. The number of aromatic nitrogens is 1. The van der Waals surface area contributed by atoms with E-state index in [1.807, 2.05) is 42.8 Å². The topological polar surface area (TPSA) is 105 Å². The van der Waals surface area contributed by atoms with Crippen molar-refractivity contribution in [3.63, 3.8) is 0 Å². The normalized spacial score (nSPS) is 26.4. The van der Waals surface area contributed by atoms with Crippen LogP contribution in [0.3, 0.4) is 0 Å². The van der Waals surface area contributed by atoms with Gasteiger partial charge in [0.15, 0.2) is 0 Å². The van der Waals surface area contributed by atoms with E-state index in [1.54, 1.807) is 12.3 Å². The van der Waals surface area contributed by atoms with Gasteiger partial charge in [-0.2, -0.15) is 0 Å². The lowest BCUT2D eigenvalue weighted by molar-refractivity contribution is 0.0333. The Morgan fingerprint density at radius 2 is 1.81 bits per heavy atom. The van der Waals surface area contributed by atoms with Crippen LogP contribution >= 0.6 is 11.6 Å². The summed E-state index contributed by atoms with van der Waals surface area (Å²) in [5, 5.41) is 0.731. The Hall–Kier alpha value is -3.64. The summed E-state index contributed by atoms with van der Waals surface area (Å²) < 4.78 is 35.6. The molecule has 2 fully saturated rings. The fraction of sp³-hybridized carbons (Fsp3) is 0.512. The van der Waals surface area contributed by atoms with Crippen LogP contribution in [0.5, 0.6) is 5.75 Å². The zero-order valence-electron chi connectivity index (χ0n) is 30.9. The van der Waals surface area contributed by atoms with E-state index in [2.05, 4.69) is 43.2 Å². The number of benzene rings is 2. The standard InChI is InChI=1S/C41H52ClN5O5S/c1-29-7-3-4-8-30-10-11-33(30)25-47-26-34-12-14-36(42)21-31(34)9-5-6-18-52-39-15-13-32(23-38(39)47)40(48)43-53(50,28-29)44-41(49)35-22-37(45(2)24-35)27-46-16-19-51-20-17-46/h3-4,12-15,21-24,29-30,33H,5-11,16-20,25-28H2,1-2H3,(H,43,44,48,49,50)/b4-3+/t29-,30+,33-,53?/m0/s1. The van der Waals surface area contributed by atoms with E-state index < -0.39 is 21.7 Å². The molecule has 4 heterocycles. The van der Waals surface area contributed by atoms with Gasteiger partial charge in [-0.1, -0.05) is 36.7 Å². The number of rotatable bonds is 4. The third-order valence-corrected chi connectivity index (χ3v) is 13.4. The van der Waals surface area contributed by atoms with E-state index in [-0.39, 0.29) is 11.7 Å². The molecule has 0 radical (unpaired) electrons. The lowest BCUT2D eigenvalue weighted by Gasteiger charge is -2.41. The SMILES string of the molecule is C[C@H]1C/C=C/C[C@@H]2CC[C@H]2CN2Cc3ccc(Cl)cc3CCCCOc3ccc(cc32)C(=O)N=S(=O)(NC(=O)c2cc(CN3CCOCC3)n(C)c2)C1. The molecule has 53 heavy (non-hydrogen) atoms. The Morgan fingerprint density at radius 3 is 2.62 bits per heavy atom. The lowest BCUT2D eigenvalue weighted by Crippen LogP contribution is -2.38. The highest BCUT2D eigenvalue weighted by Crippen LogP contribution is 2.41. The quantitative estimate of drug-likeness (QED) is 0.281. The molecule has 4 aliphatic rings. The number of halogens is 1. The number of ether oxygens (including phenoxy) is 2. The summed E-state index contributed by atoms with van der Waals surface area (Å²) in [5.41, 5.74) is 4.92. The number of hydrogen-bond donors (Lipinski definition) is 1. The van der Waals surface area contributed by atoms with Crippen LogP contribution in [0.1, 0.15) is 83.0 Å². The molecule has 1 unspecified atom stereocenters. The van der Waals surface area contributed by atoms with Crippen LogP contribution in [0.15, 0.2) is 65.2 Å². The fourth-order valence-corrected chi connectivity index (χ4v) is 10.0. The van der Waals surface area contributed by atoms with E-state index in [4.69, 9.17) is 21.1 Å². The number of hydrogen-bond acceptors (Lipinski definition) is 7. The van der Waals surface area contributed by atoms with Gasteiger partial charge in [0.1, 0.15) is 15.7 Å². The summed E-state index contributed by atoms with van der Waals surface area (Å²) in [6.45, 7) is 7.70. The number of morpholine rings is 1. The van der Waals surface area contributed by atoms with Gasteiger partial charge < -0.3 is 18.9 Å². The molecule has 1 aromatic heterocycles. The predicted octanol–water partition coefficient (Wildman–Crippen LogP) is 7.20. The Morgan fingerprint density at radius 1 is 1.00 bits per heavy atom. The van der Waals surface area contributed by atoms with Gasteiger partial charge in [-0.15, -0.1) is 4.36 Å². The number of carbonyl (C=O) groups excluding carboxylic acids is 2. The first-order valence-corrected chi connectivity index (χ1v) is 21.2. The van der Waals surface area contributed by atoms with Crippen molar-refractivity contribution >= 4 is 39.0 Å². The van der Waals surface area contributed by atoms with Gasteiger partial charge in [-0.25, -0.2) is 4.21 Å². The van der Waals surface area contributed by atoms with Gasteiger partial charge in [0.05, 0.1) is 36.8 Å². The third kappa shape index (κ3) is 9.36. The second kappa shape index (κ2) is 16.8. The van der Waals surface area contributed by atoms with Crippen molar-refractivity contribution in [3.05, 3.63) is 93.8 Å². The van der Waals surface area contributed by atoms with Crippen LogP contribution in [-0.2, 0) is 41.2 Å². The van der Waals surface area contributed by atoms with Crippen molar-refractivity contribution in [2.24, 2.45) is 29.2 Å². The van der Waals surface area contributed by atoms with Crippen LogP contribution < -0.4 is 14.4 Å². The molecule has 7 rings (SSSR count). The average molecular weight is 762 g/mol. The minimum absolute atomic E-state index is 0.0495. The molecule has 1 N–H and O–H groups in total. The first-order valence-electron chi connectivity index (χ1n) is 19.1.